The minimum absolute atomic E-state index is 0.175. The second-order valence-electron chi connectivity index (χ2n) is 2.89. The Bertz CT molecular complexity index is 290. The number of hydrogen-bond donors (Lipinski definition) is 0. The van der Waals surface area contributed by atoms with Gasteiger partial charge in [0.05, 0.1) is 12.2 Å². The maximum atomic E-state index is 11.0. The molecule has 0 N–H and O–H groups in total. The van der Waals surface area contributed by atoms with E-state index >= 15 is 0 Å². The lowest BCUT2D eigenvalue weighted by Crippen LogP contribution is -2.09. The molecular formula is C10H14O5. The van der Waals surface area contributed by atoms with Crippen molar-refractivity contribution in [3.63, 3.8) is 0 Å². The van der Waals surface area contributed by atoms with Crippen LogP contribution in [0.3, 0.4) is 0 Å². The van der Waals surface area contributed by atoms with Crippen LogP contribution in [0.5, 0.6) is 0 Å². The monoisotopic (exact) mass is 214 g/mol. The van der Waals surface area contributed by atoms with Gasteiger partial charge in [0.2, 0.25) is 0 Å². The van der Waals surface area contributed by atoms with E-state index in [0.29, 0.717) is 0 Å². The normalized spacial score (nSPS) is 10.7. The molecular weight excluding hydrogens is 200 g/mol. The van der Waals surface area contributed by atoms with Crippen LogP contribution >= 0.6 is 0 Å². The highest BCUT2D eigenvalue weighted by molar-refractivity contribution is 5.94. The third kappa shape index (κ3) is 6.42. The summed E-state index contributed by atoms with van der Waals surface area (Å²) < 4.78 is 9.21. The molecule has 0 aromatic rings. The van der Waals surface area contributed by atoms with Gasteiger partial charge in [0.1, 0.15) is 18.5 Å². The zero-order valence-corrected chi connectivity index (χ0v) is 9.03. The molecule has 0 amide bonds. The van der Waals surface area contributed by atoms with Crippen molar-refractivity contribution in [1.29, 1.82) is 0 Å². The molecule has 0 heterocycles. The zero-order chi connectivity index (χ0) is 11.8. The van der Waals surface area contributed by atoms with Crippen LogP contribution in [0.15, 0.2) is 11.8 Å². The molecule has 0 rings (SSSR count). The second kappa shape index (κ2) is 6.75. The molecule has 0 aliphatic heterocycles. The standard InChI is InChI=1S/C10H14O5/c1-4-14-10(13)7(2)6-15-9(12)5-8(3)11/h6H,4-5H2,1-3H3. The van der Waals surface area contributed by atoms with Crippen molar-refractivity contribution in [3.8, 4) is 0 Å². The predicted octanol–water partition coefficient (Wildman–Crippen LogP) is 0.976. The summed E-state index contributed by atoms with van der Waals surface area (Å²) in [7, 11) is 0. The van der Waals surface area contributed by atoms with E-state index in [1.165, 1.54) is 13.8 Å². The lowest BCUT2D eigenvalue weighted by Gasteiger charge is -2.01. The second-order valence-corrected chi connectivity index (χ2v) is 2.89. The van der Waals surface area contributed by atoms with E-state index in [1.54, 1.807) is 6.92 Å². The molecule has 0 aliphatic rings. The van der Waals surface area contributed by atoms with Crippen molar-refractivity contribution in [2.24, 2.45) is 0 Å². The van der Waals surface area contributed by atoms with Gasteiger partial charge in [0, 0.05) is 0 Å². The predicted molar refractivity (Wildman–Crippen MR) is 51.8 cm³/mol. The fourth-order valence-corrected chi connectivity index (χ4v) is 0.692. The zero-order valence-electron chi connectivity index (χ0n) is 9.03. The third-order valence-corrected chi connectivity index (χ3v) is 1.36. The molecule has 0 unspecified atom stereocenters. The molecule has 5 heteroatoms. The molecule has 0 spiro atoms. The molecule has 0 atom stereocenters. The van der Waals surface area contributed by atoms with Crippen LogP contribution in [0.4, 0.5) is 0 Å². The topological polar surface area (TPSA) is 69.7 Å². The Labute approximate surface area is 88.0 Å². The van der Waals surface area contributed by atoms with Gasteiger partial charge < -0.3 is 9.47 Å². The van der Waals surface area contributed by atoms with Crippen molar-refractivity contribution in [1.82, 2.24) is 0 Å². The first-order valence-corrected chi connectivity index (χ1v) is 4.50. The molecule has 15 heavy (non-hydrogen) atoms. The maximum absolute atomic E-state index is 11.0. The number of Topliss-reactive ketones (excluding diaryl/α,β-unsaturated/α-hetero) is 1. The summed E-state index contributed by atoms with van der Waals surface area (Å²) in [6.45, 7) is 4.67. The van der Waals surface area contributed by atoms with Gasteiger partial charge >= 0.3 is 11.9 Å². The Morgan fingerprint density at radius 3 is 2.27 bits per heavy atom. The van der Waals surface area contributed by atoms with Crippen molar-refractivity contribution < 1.29 is 23.9 Å². The lowest BCUT2D eigenvalue weighted by molar-refractivity contribution is -0.141. The van der Waals surface area contributed by atoms with Gasteiger partial charge in [-0.25, -0.2) is 4.79 Å². The smallest absolute Gasteiger partial charge is 0.336 e. The average Bonchev–Trinajstić information content (AvgIpc) is 2.13. The van der Waals surface area contributed by atoms with E-state index in [4.69, 9.17) is 0 Å². The van der Waals surface area contributed by atoms with Crippen LogP contribution in [0.1, 0.15) is 27.2 Å². The SMILES string of the molecule is CCOC(=O)C(C)=COC(=O)CC(C)=O. The van der Waals surface area contributed by atoms with Crippen LogP contribution in [-0.4, -0.2) is 24.3 Å². The first-order valence-electron chi connectivity index (χ1n) is 4.50. The summed E-state index contributed by atoms with van der Waals surface area (Å²) in [5.41, 5.74) is 0.175. The van der Waals surface area contributed by atoms with Crippen molar-refractivity contribution in [2.45, 2.75) is 27.2 Å². The fraction of sp³-hybridized carbons (Fsp3) is 0.500. The molecule has 0 aromatic carbocycles. The summed E-state index contributed by atoms with van der Waals surface area (Å²) >= 11 is 0. The van der Waals surface area contributed by atoms with Crippen LogP contribution in [0.25, 0.3) is 0 Å². The van der Waals surface area contributed by atoms with Gasteiger partial charge in [-0.05, 0) is 20.8 Å². The number of carbonyl (C=O) groups is 3. The minimum atomic E-state index is -0.689. The fourth-order valence-electron chi connectivity index (χ4n) is 0.692. The maximum Gasteiger partial charge on any atom is 0.336 e. The van der Waals surface area contributed by atoms with Gasteiger partial charge in [-0.2, -0.15) is 0 Å². The van der Waals surface area contributed by atoms with E-state index < -0.39 is 11.9 Å². The quantitative estimate of drug-likeness (QED) is 0.295. The van der Waals surface area contributed by atoms with Crippen molar-refractivity contribution in [3.05, 3.63) is 11.8 Å². The molecule has 84 valence electrons. The van der Waals surface area contributed by atoms with Crippen molar-refractivity contribution >= 4 is 17.7 Å². The molecule has 0 aliphatic carbocycles. The number of ether oxygens (including phenoxy) is 2. The van der Waals surface area contributed by atoms with Gasteiger partial charge in [-0.1, -0.05) is 0 Å². The highest BCUT2D eigenvalue weighted by Gasteiger charge is 2.08. The summed E-state index contributed by atoms with van der Waals surface area (Å²) in [6, 6.07) is 0. The molecule has 0 bridgehead atoms. The summed E-state index contributed by atoms with van der Waals surface area (Å²) in [4.78, 5) is 32.4. The number of rotatable bonds is 5. The number of ketones is 1. The Hall–Kier alpha value is -1.65. The van der Waals surface area contributed by atoms with Crippen LogP contribution in [0.2, 0.25) is 0 Å². The highest BCUT2D eigenvalue weighted by Crippen LogP contribution is 1.98. The van der Waals surface area contributed by atoms with Gasteiger partial charge in [-0.3, -0.25) is 9.59 Å². The number of hydrogen-bond acceptors (Lipinski definition) is 5. The molecule has 0 fully saturated rings. The van der Waals surface area contributed by atoms with Crippen LogP contribution < -0.4 is 0 Å². The van der Waals surface area contributed by atoms with Gasteiger partial charge in [-0.15, -0.1) is 0 Å². The third-order valence-electron chi connectivity index (χ3n) is 1.36. The lowest BCUT2D eigenvalue weighted by atomic mass is 10.3. The molecule has 5 nitrogen and oxygen atoms in total. The van der Waals surface area contributed by atoms with Crippen LogP contribution in [-0.2, 0) is 23.9 Å². The summed E-state index contributed by atoms with van der Waals surface area (Å²) in [5.74, 6) is -1.53. The Balaban J connectivity index is 4.10. The Morgan fingerprint density at radius 1 is 1.20 bits per heavy atom. The molecule has 0 saturated heterocycles. The highest BCUT2D eigenvalue weighted by atomic mass is 16.5. The summed E-state index contributed by atoms with van der Waals surface area (Å²) in [6.07, 6.45) is 0.690. The van der Waals surface area contributed by atoms with E-state index in [1.807, 2.05) is 0 Å². The van der Waals surface area contributed by atoms with E-state index in [2.05, 4.69) is 9.47 Å². The van der Waals surface area contributed by atoms with E-state index in [9.17, 15) is 14.4 Å². The van der Waals surface area contributed by atoms with Crippen LogP contribution in [0, 0.1) is 0 Å². The minimum Gasteiger partial charge on any atom is -0.463 e. The molecule has 0 aromatic heterocycles. The first kappa shape index (κ1) is 13.4. The molecule has 0 radical (unpaired) electrons. The van der Waals surface area contributed by atoms with E-state index in [-0.39, 0.29) is 24.4 Å². The molecule has 0 saturated carbocycles. The largest absolute Gasteiger partial charge is 0.463 e. The summed E-state index contributed by atoms with van der Waals surface area (Å²) in [5, 5.41) is 0. The number of carbonyl (C=O) groups excluding carboxylic acids is 3. The van der Waals surface area contributed by atoms with Gasteiger partial charge in [0.25, 0.3) is 0 Å². The van der Waals surface area contributed by atoms with Crippen molar-refractivity contribution in [2.75, 3.05) is 6.61 Å². The Morgan fingerprint density at radius 2 is 1.80 bits per heavy atom. The van der Waals surface area contributed by atoms with Gasteiger partial charge in [0.15, 0.2) is 0 Å². The van der Waals surface area contributed by atoms with E-state index in [0.717, 1.165) is 6.26 Å². The average molecular weight is 214 g/mol. The Kier molecular flexibility index (Phi) is 6.01. The number of esters is 2. The first-order chi connectivity index (χ1) is 6.97.